The molecule has 0 fully saturated rings. The summed E-state index contributed by atoms with van der Waals surface area (Å²) < 4.78 is 0. The van der Waals surface area contributed by atoms with Gasteiger partial charge in [-0.05, 0) is 12.5 Å². The van der Waals surface area contributed by atoms with Gasteiger partial charge in [0.05, 0.1) is 11.2 Å². The Morgan fingerprint density at radius 1 is 1.47 bits per heavy atom. The molecule has 0 saturated carbocycles. The number of nitrogens with zero attached hydrogens (tertiary/aromatic N) is 2. The predicted octanol–water partition coefficient (Wildman–Crippen LogP) is 2.60. The van der Waals surface area contributed by atoms with Crippen molar-refractivity contribution in [3.8, 4) is 0 Å². The lowest BCUT2D eigenvalue weighted by molar-refractivity contribution is 0.194. The monoisotopic (exact) mass is 255 g/mol. The van der Waals surface area contributed by atoms with Crippen molar-refractivity contribution in [3.63, 3.8) is 0 Å². The van der Waals surface area contributed by atoms with Crippen LogP contribution < -0.4 is 5.32 Å². The van der Waals surface area contributed by atoms with E-state index in [2.05, 4.69) is 55.3 Å². The topological polar surface area (TPSA) is 28.2 Å². The lowest BCUT2D eigenvalue weighted by Crippen LogP contribution is -2.40. The number of hydrogen-bond donors (Lipinski definition) is 1. The van der Waals surface area contributed by atoms with E-state index in [1.807, 2.05) is 5.51 Å². The summed E-state index contributed by atoms with van der Waals surface area (Å²) in [6, 6.07) is 0.554. The summed E-state index contributed by atoms with van der Waals surface area (Å²) in [5.74, 6) is 0. The van der Waals surface area contributed by atoms with Crippen LogP contribution in [0.2, 0.25) is 0 Å². The molecule has 1 rings (SSSR count). The summed E-state index contributed by atoms with van der Waals surface area (Å²) in [4.78, 5) is 6.67. The molecule has 0 aromatic carbocycles. The molecule has 1 aromatic heterocycles. The van der Waals surface area contributed by atoms with Crippen LogP contribution in [-0.4, -0.2) is 36.1 Å². The zero-order chi connectivity index (χ0) is 12.9. The third-order valence-corrected chi connectivity index (χ3v) is 3.24. The molecular weight excluding hydrogens is 230 g/mol. The van der Waals surface area contributed by atoms with Crippen molar-refractivity contribution in [1.82, 2.24) is 15.2 Å². The standard InChI is InChI=1S/C13H25N3S/c1-11(2)14-8-13(3,4)9-16(5)6-12-7-17-10-15-12/h7,10-11,14H,6,8-9H2,1-5H3. The fourth-order valence-corrected chi connectivity index (χ4v) is 2.46. The number of rotatable bonds is 7. The van der Waals surface area contributed by atoms with Crippen LogP contribution >= 0.6 is 11.3 Å². The Labute approximate surface area is 109 Å². The number of aromatic nitrogens is 1. The molecule has 0 aliphatic carbocycles. The molecule has 0 spiro atoms. The molecule has 0 unspecified atom stereocenters. The summed E-state index contributed by atoms with van der Waals surface area (Å²) in [6.45, 7) is 12.1. The minimum atomic E-state index is 0.287. The molecule has 0 radical (unpaired) electrons. The van der Waals surface area contributed by atoms with Gasteiger partial charge in [0.1, 0.15) is 0 Å². The molecule has 3 nitrogen and oxygen atoms in total. The van der Waals surface area contributed by atoms with Crippen LogP contribution in [0.1, 0.15) is 33.4 Å². The van der Waals surface area contributed by atoms with E-state index in [0.717, 1.165) is 19.6 Å². The molecule has 0 aliphatic rings. The predicted molar refractivity (Wildman–Crippen MR) is 75.4 cm³/mol. The van der Waals surface area contributed by atoms with Crippen LogP contribution in [0.15, 0.2) is 10.9 Å². The average Bonchev–Trinajstić information content (AvgIpc) is 2.66. The van der Waals surface area contributed by atoms with Gasteiger partial charge in [-0.25, -0.2) is 4.98 Å². The fraction of sp³-hybridized carbons (Fsp3) is 0.769. The van der Waals surface area contributed by atoms with E-state index in [0.29, 0.717) is 6.04 Å². The molecule has 0 atom stereocenters. The first-order valence-electron chi connectivity index (χ1n) is 6.18. The molecular formula is C13H25N3S. The van der Waals surface area contributed by atoms with Gasteiger partial charge in [0.15, 0.2) is 0 Å². The average molecular weight is 255 g/mol. The Balaban J connectivity index is 2.35. The van der Waals surface area contributed by atoms with Gasteiger partial charge in [0, 0.05) is 31.1 Å². The normalized spacial score (nSPS) is 12.6. The van der Waals surface area contributed by atoms with Crippen LogP contribution in [0.3, 0.4) is 0 Å². The molecule has 1 heterocycles. The summed E-state index contributed by atoms with van der Waals surface area (Å²) in [5.41, 5.74) is 3.36. The van der Waals surface area contributed by atoms with E-state index in [-0.39, 0.29) is 5.41 Å². The first kappa shape index (κ1) is 14.6. The van der Waals surface area contributed by atoms with E-state index < -0.39 is 0 Å². The highest BCUT2D eigenvalue weighted by Crippen LogP contribution is 2.16. The van der Waals surface area contributed by atoms with Gasteiger partial charge in [-0.15, -0.1) is 11.3 Å². The minimum absolute atomic E-state index is 0.287. The van der Waals surface area contributed by atoms with Crippen molar-refractivity contribution in [3.05, 3.63) is 16.6 Å². The fourth-order valence-electron chi connectivity index (χ4n) is 1.92. The third kappa shape index (κ3) is 6.15. The quantitative estimate of drug-likeness (QED) is 0.812. The van der Waals surface area contributed by atoms with Gasteiger partial charge >= 0.3 is 0 Å². The van der Waals surface area contributed by atoms with E-state index in [1.165, 1.54) is 5.69 Å². The van der Waals surface area contributed by atoms with E-state index in [4.69, 9.17) is 0 Å². The van der Waals surface area contributed by atoms with Gasteiger partial charge in [0.2, 0.25) is 0 Å². The van der Waals surface area contributed by atoms with Gasteiger partial charge < -0.3 is 5.32 Å². The van der Waals surface area contributed by atoms with Crippen molar-refractivity contribution in [2.24, 2.45) is 5.41 Å². The highest BCUT2D eigenvalue weighted by Gasteiger charge is 2.20. The Morgan fingerprint density at radius 3 is 2.71 bits per heavy atom. The summed E-state index contributed by atoms with van der Waals surface area (Å²) in [5, 5.41) is 5.63. The first-order valence-corrected chi connectivity index (χ1v) is 7.12. The van der Waals surface area contributed by atoms with Crippen LogP contribution in [0.5, 0.6) is 0 Å². The molecule has 0 amide bonds. The van der Waals surface area contributed by atoms with Crippen molar-refractivity contribution >= 4 is 11.3 Å². The molecule has 1 aromatic rings. The highest BCUT2D eigenvalue weighted by atomic mass is 32.1. The third-order valence-electron chi connectivity index (χ3n) is 2.60. The Morgan fingerprint density at radius 2 is 2.18 bits per heavy atom. The second-order valence-corrected chi connectivity index (χ2v) is 6.57. The molecule has 0 aliphatic heterocycles. The van der Waals surface area contributed by atoms with Gasteiger partial charge in [-0.2, -0.15) is 0 Å². The van der Waals surface area contributed by atoms with Crippen molar-refractivity contribution in [2.45, 2.75) is 40.3 Å². The van der Waals surface area contributed by atoms with Gasteiger partial charge in [0.25, 0.3) is 0 Å². The molecule has 1 N–H and O–H groups in total. The second kappa shape index (κ2) is 6.47. The van der Waals surface area contributed by atoms with E-state index in [9.17, 15) is 0 Å². The van der Waals surface area contributed by atoms with Crippen molar-refractivity contribution < 1.29 is 0 Å². The zero-order valence-corrected chi connectivity index (χ0v) is 12.5. The maximum Gasteiger partial charge on any atom is 0.0795 e. The molecule has 0 bridgehead atoms. The van der Waals surface area contributed by atoms with Crippen LogP contribution in [-0.2, 0) is 6.54 Å². The van der Waals surface area contributed by atoms with Gasteiger partial charge in [-0.3, -0.25) is 4.90 Å². The summed E-state index contributed by atoms with van der Waals surface area (Å²) in [6.07, 6.45) is 0. The van der Waals surface area contributed by atoms with Gasteiger partial charge in [-0.1, -0.05) is 27.7 Å². The lowest BCUT2D eigenvalue weighted by Gasteiger charge is -2.31. The van der Waals surface area contributed by atoms with Crippen molar-refractivity contribution in [1.29, 1.82) is 0 Å². The zero-order valence-electron chi connectivity index (χ0n) is 11.7. The van der Waals surface area contributed by atoms with Crippen LogP contribution in [0.25, 0.3) is 0 Å². The Bertz CT molecular complexity index is 306. The largest absolute Gasteiger partial charge is 0.314 e. The van der Waals surface area contributed by atoms with E-state index in [1.54, 1.807) is 11.3 Å². The maximum atomic E-state index is 4.32. The molecule has 98 valence electrons. The second-order valence-electron chi connectivity index (χ2n) is 5.85. The SMILES string of the molecule is CC(C)NCC(C)(C)CN(C)Cc1cscn1. The molecule has 17 heavy (non-hydrogen) atoms. The lowest BCUT2D eigenvalue weighted by atomic mass is 9.92. The van der Waals surface area contributed by atoms with Crippen molar-refractivity contribution in [2.75, 3.05) is 20.1 Å². The number of thiazole rings is 1. The highest BCUT2D eigenvalue weighted by molar-refractivity contribution is 7.07. The number of hydrogen-bond acceptors (Lipinski definition) is 4. The van der Waals surface area contributed by atoms with E-state index >= 15 is 0 Å². The molecule has 4 heteroatoms. The maximum absolute atomic E-state index is 4.32. The Kier molecular flexibility index (Phi) is 5.56. The van der Waals surface area contributed by atoms with Crippen LogP contribution in [0, 0.1) is 5.41 Å². The van der Waals surface area contributed by atoms with Crippen LogP contribution in [0.4, 0.5) is 0 Å². The smallest absolute Gasteiger partial charge is 0.0795 e. The first-order chi connectivity index (χ1) is 7.89. The number of nitrogens with one attached hydrogen (secondary N) is 1. The minimum Gasteiger partial charge on any atom is -0.314 e. The molecule has 0 saturated heterocycles. The summed E-state index contributed by atoms with van der Waals surface area (Å²) in [7, 11) is 2.16. The summed E-state index contributed by atoms with van der Waals surface area (Å²) >= 11 is 1.66. The Hall–Kier alpha value is -0.450.